The molecule has 0 aromatic rings. The van der Waals surface area contributed by atoms with Crippen LogP contribution in [0.4, 0.5) is 0 Å². The predicted octanol–water partition coefficient (Wildman–Crippen LogP) is 8.69. The van der Waals surface area contributed by atoms with Crippen LogP contribution in [0.1, 0.15) is 157 Å². The van der Waals surface area contributed by atoms with Crippen molar-refractivity contribution in [1.29, 1.82) is 0 Å². The number of ether oxygens (including phenoxy) is 2. The van der Waals surface area contributed by atoms with Crippen LogP contribution in [0.3, 0.4) is 0 Å². The Bertz CT molecular complexity index is 1580. The third-order valence-electron chi connectivity index (χ3n) is 20.3. The minimum Gasteiger partial charge on any atom is -0.462 e. The minimum absolute atomic E-state index is 0.0324. The Morgan fingerprint density at radius 1 is 0.464 bits per heavy atom. The topological polar surface area (TPSA) is 121 Å². The highest BCUT2D eigenvalue weighted by Crippen LogP contribution is 2.68. The number of hydrogen-bond donors (Lipinski definition) is 0. The molecule has 0 unspecified atom stereocenters. The maximum absolute atomic E-state index is 14.5. The Hall–Kier alpha value is -2.38. The normalized spacial score (nSPS) is 53.4. The monoisotopic (exact) mass is 772 g/mol. The highest BCUT2D eigenvalue weighted by Gasteiger charge is 2.68. The first kappa shape index (κ1) is 39.1. The number of rotatable bonds is 0. The molecule has 0 radical (unpaired) electrons. The summed E-state index contributed by atoms with van der Waals surface area (Å²) in [6.45, 7) is 13.3. The number of Topliss-reactive ketones (excluding diaryl/α,β-unsaturated/α-hetero) is 4. The molecule has 16 aliphatic rings. The molecule has 8 aliphatic carbocycles. The second kappa shape index (κ2) is 13.6. The van der Waals surface area contributed by atoms with Gasteiger partial charge < -0.3 is 9.47 Å². The van der Waals surface area contributed by atoms with Gasteiger partial charge in [-0.3, -0.25) is 28.8 Å². The molecule has 16 bridgehead atoms. The van der Waals surface area contributed by atoms with Crippen LogP contribution in [0.15, 0.2) is 0 Å². The van der Waals surface area contributed by atoms with Crippen molar-refractivity contribution in [1.82, 2.24) is 0 Å². The molecule has 56 heavy (non-hydrogen) atoms. The van der Waals surface area contributed by atoms with Gasteiger partial charge in [0.2, 0.25) is 0 Å². The van der Waals surface area contributed by atoms with Crippen LogP contribution in [0.2, 0.25) is 0 Å². The van der Waals surface area contributed by atoms with Gasteiger partial charge in [0, 0.05) is 61.2 Å². The van der Waals surface area contributed by atoms with Crippen LogP contribution in [-0.2, 0) is 38.2 Å². The van der Waals surface area contributed by atoms with Crippen molar-refractivity contribution >= 4 is 35.1 Å². The number of carbonyl (C=O) groups is 6. The molecule has 0 aromatic carbocycles. The second-order valence-electron chi connectivity index (χ2n) is 22.2. The fourth-order valence-corrected chi connectivity index (χ4v) is 16.9. The van der Waals surface area contributed by atoms with Gasteiger partial charge in [0.1, 0.15) is 35.3 Å². The van der Waals surface area contributed by atoms with E-state index in [0.717, 1.165) is 51.4 Å². The number of esters is 2. The van der Waals surface area contributed by atoms with E-state index in [1.165, 1.54) is 0 Å². The van der Waals surface area contributed by atoms with E-state index in [9.17, 15) is 28.8 Å². The summed E-state index contributed by atoms with van der Waals surface area (Å²) in [6.07, 6.45) is 11.5. The highest BCUT2D eigenvalue weighted by molar-refractivity contribution is 5.93. The van der Waals surface area contributed by atoms with Crippen molar-refractivity contribution in [3.05, 3.63) is 0 Å². The van der Waals surface area contributed by atoms with E-state index in [4.69, 9.17) is 9.47 Å². The molecular weight excluding hydrogens is 705 g/mol. The molecule has 8 saturated heterocycles. The molecule has 8 aliphatic heterocycles. The molecule has 0 spiro atoms. The van der Waals surface area contributed by atoms with E-state index < -0.39 is 10.8 Å². The lowest BCUT2D eigenvalue weighted by Gasteiger charge is -2.59. The number of hydrogen-bond acceptors (Lipinski definition) is 8. The Balaban J connectivity index is 0.990. The molecule has 16 fully saturated rings. The maximum Gasteiger partial charge on any atom is 0.306 e. The zero-order valence-electron chi connectivity index (χ0n) is 35.1. The summed E-state index contributed by atoms with van der Waals surface area (Å²) in [7, 11) is 0. The van der Waals surface area contributed by atoms with Gasteiger partial charge in [-0.1, -0.05) is 41.5 Å². The van der Waals surface area contributed by atoms with Gasteiger partial charge in [0.15, 0.2) is 0 Å². The second-order valence-corrected chi connectivity index (χ2v) is 22.2. The molecular formula is C48H68O8. The highest BCUT2D eigenvalue weighted by atomic mass is 16.5. The van der Waals surface area contributed by atoms with Crippen LogP contribution in [0.5, 0.6) is 0 Å². The molecule has 8 nitrogen and oxygen atoms in total. The van der Waals surface area contributed by atoms with E-state index >= 15 is 0 Å². The first-order valence-corrected chi connectivity index (χ1v) is 23.0. The lowest BCUT2D eigenvalue weighted by Crippen LogP contribution is -2.60. The van der Waals surface area contributed by atoms with Crippen molar-refractivity contribution in [2.24, 2.45) is 92.7 Å². The van der Waals surface area contributed by atoms with Crippen LogP contribution < -0.4 is 0 Å². The first-order chi connectivity index (χ1) is 26.5. The molecule has 0 N–H and O–H groups in total. The predicted molar refractivity (Wildman–Crippen MR) is 209 cm³/mol. The summed E-state index contributed by atoms with van der Waals surface area (Å²) >= 11 is 0. The van der Waals surface area contributed by atoms with Gasteiger partial charge in [0.25, 0.3) is 0 Å². The fraction of sp³-hybridized carbons (Fsp3) is 0.875. The Labute approximate surface area is 334 Å². The van der Waals surface area contributed by atoms with E-state index in [1.807, 2.05) is 0 Å². The van der Waals surface area contributed by atoms with Gasteiger partial charge in [-0.25, -0.2) is 0 Å². The number of ketones is 4. The van der Waals surface area contributed by atoms with Crippen LogP contribution in [-0.4, -0.2) is 47.3 Å². The minimum atomic E-state index is -0.563. The van der Waals surface area contributed by atoms with Crippen molar-refractivity contribution in [2.45, 2.75) is 169 Å². The van der Waals surface area contributed by atoms with Crippen LogP contribution in [0, 0.1) is 92.7 Å². The average Bonchev–Trinajstić information content (AvgIpc) is 3.70. The Kier molecular flexibility index (Phi) is 9.48. The largest absolute Gasteiger partial charge is 0.462 e. The van der Waals surface area contributed by atoms with E-state index in [-0.39, 0.29) is 106 Å². The molecule has 18 atom stereocenters. The average molecular weight is 773 g/mol. The SMILES string of the molecule is C[C@@H]1CCC(=O)O[C@@H]2CC[C@@]3(C)[C@H](CC(=O)[C@@H]4[C@@H]3CC(=O)[C@]3(C)[C@H](CC[C@@H]43)[C@H](C)CCC(=O)O[C@@H]3CC[C@@]4(C)[C@H](CC(=O)[C@@H]5[C@@H]4CC(=O)[C@]4(C)[C@@H]1CC[C@@H]54)C3)C2. The standard InChI is InChI=1S/C48H68O8/c1-25-7-13-41(53)55-29-15-17-46(4)27(19-29)22-38(50)44-34-12-10-32(48(34,6)40(52)24-36(44)46)26(2)8-14-42(54)56-30-16-18-45(3)28(20-30)21-37(49)43-33-11-9-31(25)47(33,5)39(51)23-35(43)45/h25-36,43-44H,7-24H2,1-6H3/t25-,26-,27+,28+,29-,30-,31-,32-,33+,34+,35+,36+,43+,44+,45+,46+,47-,48-/m1/s1. The fourth-order valence-electron chi connectivity index (χ4n) is 16.9. The quantitative estimate of drug-likeness (QED) is 0.224. The Morgan fingerprint density at radius 3 is 1.23 bits per heavy atom. The van der Waals surface area contributed by atoms with Crippen molar-refractivity contribution < 1.29 is 38.2 Å². The smallest absolute Gasteiger partial charge is 0.306 e. The Morgan fingerprint density at radius 2 is 0.839 bits per heavy atom. The van der Waals surface area contributed by atoms with Gasteiger partial charge in [-0.05, 0) is 147 Å². The van der Waals surface area contributed by atoms with Crippen molar-refractivity contribution in [3.63, 3.8) is 0 Å². The van der Waals surface area contributed by atoms with Gasteiger partial charge in [-0.2, -0.15) is 0 Å². The lowest BCUT2D eigenvalue weighted by molar-refractivity contribution is -0.173. The third-order valence-corrected chi connectivity index (χ3v) is 20.3. The maximum atomic E-state index is 14.5. The summed E-state index contributed by atoms with van der Waals surface area (Å²) in [5.41, 5.74) is -1.40. The summed E-state index contributed by atoms with van der Waals surface area (Å²) in [4.78, 5) is 84.4. The summed E-state index contributed by atoms with van der Waals surface area (Å²) in [6, 6.07) is 0. The van der Waals surface area contributed by atoms with Crippen molar-refractivity contribution in [3.8, 4) is 0 Å². The summed E-state index contributed by atoms with van der Waals surface area (Å²) in [5, 5.41) is 0. The molecule has 8 heteroatoms. The molecule has 0 aromatic heterocycles. The van der Waals surface area contributed by atoms with Gasteiger partial charge in [-0.15, -0.1) is 0 Å². The first-order valence-electron chi connectivity index (χ1n) is 23.0. The lowest BCUT2D eigenvalue weighted by atomic mass is 9.43. The summed E-state index contributed by atoms with van der Waals surface area (Å²) < 4.78 is 12.4. The zero-order valence-corrected chi connectivity index (χ0v) is 35.1. The zero-order chi connectivity index (χ0) is 39.7. The van der Waals surface area contributed by atoms with E-state index in [1.54, 1.807) is 0 Å². The molecule has 0 amide bonds. The van der Waals surface area contributed by atoms with Crippen molar-refractivity contribution in [2.75, 3.05) is 0 Å². The van der Waals surface area contributed by atoms with E-state index in [2.05, 4.69) is 41.5 Å². The molecule has 16 rings (SSSR count). The van der Waals surface area contributed by atoms with E-state index in [0.29, 0.717) is 87.3 Å². The third kappa shape index (κ3) is 5.60. The van der Waals surface area contributed by atoms with Gasteiger partial charge >= 0.3 is 11.9 Å². The van der Waals surface area contributed by atoms with Gasteiger partial charge in [0.05, 0.1) is 0 Å². The van der Waals surface area contributed by atoms with Crippen LogP contribution in [0.25, 0.3) is 0 Å². The number of carbonyl (C=O) groups excluding carboxylic acids is 6. The molecule has 8 heterocycles. The molecule has 308 valence electrons. The summed E-state index contributed by atoms with van der Waals surface area (Å²) in [5.74, 6) is 1.52. The molecule has 8 saturated carbocycles. The van der Waals surface area contributed by atoms with Crippen LogP contribution >= 0.6 is 0 Å².